The number of hydrogen-bond acceptors (Lipinski definition) is 7. The number of carbonyl (C=O) groups excluding carboxylic acids is 1. The maximum Gasteiger partial charge on any atom is 0.256 e. The van der Waals surface area contributed by atoms with Crippen molar-refractivity contribution in [2.75, 3.05) is 39.1 Å². The molecule has 0 aromatic carbocycles. The fourth-order valence-corrected chi connectivity index (χ4v) is 3.81. The molecule has 0 bridgehead atoms. The third-order valence-electron chi connectivity index (χ3n) is 4.67. The molecule has 2 aromatic heterocycles. The quantitative estimate of drug-likeness (QED) is 0.836. The van der Waals surface area contributed by atoms with Crippen LogP contribution in [0.1, 0.15) is 28.2 Å². The lowest BCUT2D eigenvalue weighted by atomic mass is 10.2. The second-order valence-corrected chi connectivity index (χ2v) is 7.51. The second-order valence-electron chi connectivity index (χ2n) is 6.88. The van der Waals surface area contributed by atoms with Gasteiger partial charge >= 0.3 is 0 Å². The van der Waals surface area contributed by atoms with Crippen LogP contribution in [-0.2, 0) is 6.54 Å². The van der Waals surface area contributed by atoms with Crippen molar-refractivity contribution < 1.29 is 4.79 Å². The minimum atomic E-state index is -0.157. The van der Waals surface area contributed by atoms with Gasteiger partial charge in [-0.05, 0) is 31.9 Å². The Hall–Kier alpha value is -2.26. The molecule has 2 aromatic rings. The number of hydrogen-bond donors (Lipinski definition) is 1. The van der Waals surface area contributed by atoms with Crippen molar-refractivity contribution in [3.05, 3.63) is 38.8 Å². The predicted molar refractivity (Wildman–Crippen MR) is 102 cm³/mol. The standard InChI is InChI=1S/C17H24N6O2S/c1-11-14(10-26-20-11)16(25)23-6-5-13(9-23)22(4)8-12-7-15(24)19-17(18-12)21(2)3/h7,10,13H,5-6,8-9H2,1-4H3,(H,18,19,24)/t13-/m0/s1. The molecule has 0 aliphatic carbocycles. The molecule has 1 amide bonds. The van der Waals surface area contributed by atoms with Crippen LogP contribution >= 0.6 is 11.5 Å². The van der Waals surface area contributed by atoms with Crippen molar-refractivity contribution in [2.45, 2.75) is 25.9 Å². The van der Waals surface area contributed by atoms with Gasteiger partial charge in [-0.25, -0.2) is 4.98 Å². The number of likely N-dealkylation sites (tertiary alicyclic amines) is 1. The van der Waals surface area contributed by atoms with Crippen molar-refractivity contribution >= 4 is 23.4 Å². The molecule has 3 rings (SSSR count). The molecule has 0 spiro atoms. The molecular weight excluding hydrogens is 352 g/mol. The van der Waals surface area contributed by atoms with Crippen LogP contribution in [0, 0.1) is 6.92 Å². The van der Waals surface area contributed by atoms with E-state index in [2.05, 4.69) is 19.2 Å². The van der Waals surface area contributed by atoms with E-state index < -0.39 is 0 Å². The van der Waals surface area contributed by atoms with E-state index in [-0.39, 0.29) is 17.5 Å². The lowest BCUT2D eigenvalue weighted by Gasteiger charge is -2.24. The van der Waals surface area contributed by atoms with Gasteiger partial charge in [-0.1, -0.05) is 0 Å². The summed E-state index contributed by atoms with van der Waals surface area (Å²) < 4.78 is 4.19. The van der Waals surface area contributed by atoms with E-state index in [0.29, 0.717) is 24.6 Å². The van der Waals surface area contributed by atoms with Crippen LogP contribution in [0.4, 0.5) is 5.95 Å². The number of rotatable bonds is 5. The third-order valence-corrected chi connectivity index (χ3v) is 5.39. The lowest BCUT2D eigenvalue weighted by Crippen LogP contribution is -2.36. The summed E-state index contributed by atoms with van der Waals surface area (Å²) in [5.41, 5.74) is 2.06. The number of amides is 1. The summed E-state index contributed by atoms with van der Waals surface area (Å²) in [7, 11) is 5.69. The summed E-state index contributed by atoms with van der Waals surface area (Å²) in [4.78, 5) is 37.5. The second kappa shape index (κ2) is 7.55. The van der Waals surface area contributed by atoms with Crippen LogP contribution in [0.15, 0.2) is 16.2 Å². The summed E-state index contributed by atoms with van der Waals surface area (Å²) in [5, 5.41) is 1.82. The van der Waals surface area contributed by atoms with E-state index in [1.165, 1.54) is 17.6 Å². The minimum absolute atomic E-state index is 0.0522. The topological polar surface area (TPSA) is 85.4 Å². The number of nitrogens with zero attached hydrogens (tertiary/aromatic N) is 5. The Morgan fingerprint density at radius 1 is 1.42 bits per heavy atom. The fraction of sp³-hybridized carbons (Fsp3) is 0.529. The number of anilines is 1. The Bertz CT molecular complexity index is 846. The molecule has 140 valence electrons. The third kappa shape index (κ3) is 3.94. The minimum Gasteiger partial charge on any atom is -0.348 e. The number of aromatic amines is 1. The molecule has 0 radical (unpaired) electrons. The highest BCUT2D eigenvalue weighted by Crippen LogP contribution is 2.20. The van der Waals surface area contributed by atoms with Crippen molar-refractivity contribution in [1.29, 1.82) is 0 Å². The molecule has 9 heteroatoms. The highest BCUT2D eigenvalue weighted by Gasteiger charge is 2.30. The molecule has 1 atom stereocenters. The summed E-state index contributed by atoms with van der Waals surface area (Å²) in [6.07, 6.45) is 0.905. The first-order valence-corrected chi connectivity index (χ1v) is 9.37. The number of nitrogens with one attached hydrogen (secondary N) is 1. The summed E-state index contributed by atoms with van der Waals surface area (Å²) in [6, 6.07) is 1.77. The Morgan fingerprint density at radius 3 is 2.85 bits per heavy atom. The van der Waals surface area contributed by atoms with Gasteiger partial charge in [-0.2, -0.15) is 4.37 Å². The van der Waals surface area contributed by atoms with Crippen LogP contribution in [0.5, 0.6) is 0 Å². The van der Waals surface area contributed by atoms with Crippen molar-refractivity contribution in [3.63, 3.8) is 0 Å². The summed E-state index contributed by atoms with van der Waals surface area (Å²) in [6.45, 7) is 3.84. The van der Waals surface area contributed by atoms with Gasteiger partial charge in [-0.15, -0.1) is 0 Å². The van der Waals surface area contributed by atoms with E-state index in [9.17, 15) is 9.59 Å². The van der Waals surface area contributed by atoms with Gasteiger partial charge < -0.3 is 9.80 Å². The van der Waals surface area contributed by atoms with Crippen molar-refractivity contribution in [1.82, 2.24) is 24.1 Å². The van der Waals surface area contributed by atoms with Crippen LogP contribution in [0.25, 0.3) is 0 Å². The first kappa shape index (κ1) is 18.5. The van der Waals surface area contributed by atoms with Gasteiger partial charge in [0.15, 0.2) is 0 Å². The molecule has 1 fully saturated rings. The maximum absolute atomic E-state index is 12.6. The fourth-order valence-electron chi connectivity index (χ4n) is 3.13. The number of carbonyl (C=O) groups is 1. The highest BCUT2D eigenvalue weighted by molar-refractivity contribution is 7.03. The van der Waals surface area contributed by atoms with E-state index in [4.69, 9.17) is 0 Å². The number of aromatic nitrogens is 3. The highest BCUT2D eigenvalue weighted by atomic mass is 32.1. The van der Waals surface area contributed by atoms with Gasteiger partial charge in [0.25, 0.3) is 11.5 Å². The largest absolute Gasteiger partial charge is 0.348 e. The monoisotopic (exact) mass is 376 g/mol. The van der Waals surface area contributed by atoms with Crippen LogP contribution in [-0.4, -0.2) is 70.3 Å². The molecule has 26 heavy (non-hydrogen) atoms. The normalized spacial score (nSPS) is 17.1. The van der Waals surface area contributed by atoms with Crippen LogP contribution in [0.3, 0.4) is 0 Å². The lowest BCUT2D eigenvalue weighted by molar-refractivity contribution is 0.0779. The molecule has 8 nitrogen and oxygen atoms in total. The Labute approximate surface area is 156 Å². The predicted octanol–water partition coefficient (Wildman–Crippen LogP) is 0.947. The zero-order chi connectivity index (χ0) is 18.8. The molecule has 1 saturated heterocycles. The Morgan fingerprint density at radius 2 is 2.19 bits per heavy atom. The number of H-pyrrole nitrogens is 1. The van der Waals surface area contributed by atoms with E-state index in [1.807, 2.05) is 38.3 Å². The van der Waals surface area contributed by atoms with E-state index in [1.54, 1.807) is 4.90 Å². The Balaban J connectivity index is 1.65. The molecule has 1 aliphatic rings. The molecule has 0 unspecified atom stereocenters. The van der Waals surface area contributed by atoms with Crippen LogP contribution < -0.4 is 10.5 Å². The summed E-state index contributed by atoms with van der Waals surface area (Å²) >= 11 is 1.31. The average molecular weight is 376 g/mol. The Kier molecular flexibility index (Phi) is 5.38. The van der Waals surface area contributed by atoms with Crippen LogP contribution in [0.2, 0.25) is 0 Å². The maximum atomic E-state index is 12.6. The van der Waals surface area contributed by atoms with Crippen molar-refractivity contribution in [3.8, 4) is 0 Å². The van der Waals surface area contributed by atoms with Gasteiger partial charge in [0.2, 0.25) is 5.95 Å². The molecule has 1 N–H and O–H groups in total. The van der Waals surface area contributed by atoms with E-state index >= 15 is 0 Å². The van der Waals surface area contributed by atoms with Gasteiger partial charge in [0, 0.05) is 51.2 Å². The van der Waals surface area contributed by atoms with Gasteiger partial charge in [0.1, 0.15) is 0 Å². The first-order chi connectivity index (χ1) is 12.3. The zero-order valence-corrected chi connectivity index (χ0v) is 16.3. The first-order valence-electron chi connectivity index (χ1n) is 8.53. The molecule has 1 aliphatic heterocycles. The number of aryl methyl sites for hydroxylation is 1. The zero-order valence-electron chi connectivity index (χ0n) is 15.5. The van der Waals surface area contributed by atoms with E-state index in [0.717, 1.165) is 24.4 Å². The molecule has 3 heterocycles. The molecule has 0 saturated carbocycles. The SMILES string of the molecule is Cc1nscc1C(=O)N1CC[C@H](N(C)Cc2cc(=O)[nH]c(N(C)C)n2)C1. The smallest absolute Gasteiger partial charge is 0.256 e. The van der Waals surface area contributed by atoms with Crippen molar-refractivity contribution in [2.24, 2.45) is 0 Å². The molecular formula is C17H24N6O2S. The van der Waals surface area contributed by atoms with Gasteiger partial charge in [-0.3, -0.25) is 19.5 Å². The number of likely N-dealkylation sites (N-methyl/N-ethyl adjacent to an activating group) is 1. The van der Waals surface area contributed by atoms with Gasteiger partial charge in [0.05, 0.1) is 17.0 Å². The average Bonchev–Trinajstić information content (AvgIpc) is 3.22. The summed E-state index contributed by atoms with van der Waals surface area (Å²) in [5.74, 6) is 0.598.